The highest BCUT2D eigenvalue weighted by molar-refractivity contribution is 7.99. The molecule has 12 heteroatoms. The van der Waals surface area contributed by atoms with Crippen molar-refractivity contribution in [1.29, 1.82) is 0 Å². The number of hydrogen-bond donors (Lipinski definition) is 2. The third kappa shape index (κ3) is 5.69. The maximum Gasteiger partial charge on any atom is 0.387 e. The number of nitrogens with one attached hydrogen (secondary N) is 1. The highest BCUT2D eigenvalue weighted by Gasteiger charge is 2.16. The molecular weight excluding hydrogens is 432 g/mol. The Morgan fingerprint density at radius 2 is 1.74 bits per heavy atom. The number of amides is 2. The molecule has 31 heavy (non-hydrogen) atoms. The summed E-state index contributed by atoms with van der Waals surface area (Å²) in [6.07, 6.45) is 0. The first-order valence-corrected chi connectivity index (χ1v) is 9.72. The zero-order valence-corrected chi connectivity index (χ0v) is 16.9. The van der Waals surface area contributed by atoms with Crippen LogP contribution in [-0.2, 0) is 4.79 Å². The van der Waals surface area contributed by atoms with E-state index in [0.717, 1.165) is 11.8 Å². The quantitative estimate of drug-likeness (QED) is 0.397. The monoisotopic (exact) mass is 449 g/mol. The van der Waals surface area contributed by atoms with Gasteiger partial charge in [0.1, 0.15) is 11.5 Å². The Kier molecular flexibility index (Phi) is 7.03. The van der Waals surface area contributed by atoms with Gasteiger partial charge in [-0.25, -0.2) is 4.68 Å². The van der Waals surface area contributed by atoms with E-state index in [0.29, 0.717) is 17.1 Å². The topological polar surface area (TPSA) is 121 Å². The molecule has 0 unspecified atom stereocenters. The molecule has 2 amide bonds. The Hall–Kier alpha value is -3.67. The van der Waals surface area contributed by atoms with Crippen molar-refractivity contribution in [2.45, 2.75) is 11.8 Å². The molecule has 3 N–H and O–H groups in total. The fraction of sp³-hybridized carbons (Fsp3) is 0.158. The van der Waals surface area contributed by atoms with Crippen LogP contribution in [-0.4, -0.2) is 46.2 Å². The molecule has 0 saturated heterocycles. The van der Waals surface area contributed by atoms with Crippen LogP contribution in [0.1, 0.15) is 10.4 Å². The summed E-state index contributed by atoms with van der Waals surface area (Å²) in [4.78, 5) is 24.2. The average molecular weight is 449 g/mol. The molecular formula is C19H17F2N5O4S. The van der Waals surface area contributed by atoms with Crippen molar-refractivity contribution in [3.8, 4) is 22.9 Å². The zero-order chi connectivity index (χ0) is 22.4. The zero-order valence-electron chi connectivity index (χ0n) is 16.1. The Morgan fingerprint density at radius 3 is 2.35 bits per heavy atom. The summed E-state index contributed by atoms with van der Waals surface area (Å²) in [5, 5.41) is 10.5. The molecule has 162 valence electrons. The van der Waals surface area contributed by atoms with Crippen LogP contribution in [0.4, 0.5) is 8.78 Å². The Labute approximate surface area is 179 Å². The molecule has 0 saturated carbocycles. The van der Waals surface area contributed by atoms with Gasteiger partial charge in [0.2, 0.25) is 11.1 Å². The molecule has 0 aliphatic carbocycles. The summed E-state index contributed by atoms with van der Waals surface area (Å²) in [5.74, 6) is 5.58. The third-order valence-corrected chi connectivity index (χ3v) is 4.88. The minimum atomic E-state index is -2.96. The van der Waals surface area contributed by atoms with Crippen molar-refractivity contribution in [2.24, 2.45) is 0 Å². The van der Waals surface area contributed by atoms with Crippen LogP contribution in [0.15, 0.2) is 53.7 Å². The lowest BCUT2D eigenvalue weighted by Gasteiger charge is -2.07. The number of nitrogens with zero attached hydrogens (tertiary/aromatic N) is 3. The molecule has 3 aromatic rings. The van der Waals surface area contributed by atoms with Gasteiger partial charge in [0.25, 0.3) is 5.91 Å². The predicted molar refractivity (Wildman–Crippen MR) is 108 cm³/mol. The summed E-state index contributed by atoms with van der Waals surface area (Å²) < 4.78 is 34.9. The summed E-state index contributed by atoms with van der Waals surface area (Å²) in [6, 6.07) is 12.0. The van der Waals surface area contributed by atoms with Gasteiger partial charge in [-0.2, -0.15) is 8.78 Å². The van der Waals surface area contributed by atoms with Crippen molar-refractivity contribution in [1.82, 2.24) is 20.2 Å². The Balaban J connectivity index is 1.55. The predicted octanol–water partition coefficient (Wildman–Crippen LogP) is 2.32. The van der Waals surface area contributed by atoms with Gasteiger partial charge in [0.05, 0.1) is 12.9 Å². The number of rotatable bonds is 8. The van der Waals surface area contributed by atoms with E-state index in [4.69, 9.17) is 10.6 Å². The van der Waals surface area contributed by atoms with Gasteiger partial charge >= 0.3 is 6.61 Å². The highest BCUT2D eigenvalue weighted by Crippen LogP contribution is 2.23. The molecule has 0 radical (unpaired) electrons. The first kappa shape index (κ1) is 22.0. The Bertz CT molecular complexity index is 1060. The summed E-state index contributed by atoms with van der Waals surface area (Å²) >= 11 is 0.997. The van der Waals surface area contributed by atoms with Crippen molar-refractivity contribution >= 4 is 23.6 Å². The smallest absolute Gasteiger partial charge is 0.387 e. The molecule has 3 rings (SSSR count). The van der Waals surface area contributed by atoms with Crippen molar-refractivity contribution in [3.05, 3.63) is 54.1 Å². The lowest BCUT2D eigenvalue weighted by atomic mass is 10.2. The molecule has 0 atom stereocenters. The van der Waals surface area contributed by atoms with Crippen LogP contribution in [0.5, 0.6) is 11.5 Å². The largest absolute Gasteiger partial charge is 0.497 e. The number of benzene rings is 2. The standard InChI is InChI=1S/C19H17F2N5O4S/c1-29-13-6-2-11(3-7-13)16-24-25-19(26(16)22)31-10-15(27)23-17(28)12-4-8-14(9-5-12)30-18(20)21/h2-9,18H,10,22H2,1H3,(H,23,27,28). The van der Waals surface area contributed by atoms with Crippen LogP contribution in [0.2, 0.25) is 0 Å². The number of carbonyl (C=O) groups excluding carboxylic acids is 2. The van der Waals surface area contributed by atoms with Crippen LogP contribution in [0, 0.1) is 0 Å². The van der Waals surface area contributed by atoms with Gasteiger partial charge in [-0.05, 0) is 48.5 Å². The average Bonchev–Trinajstić information content (AvgIpc) is 3.12. The normalized spacial score (nSPS) is 10.7. The van der Waals surface area contributed by atoms with Gasteiger partial charge in [-0.3, -0.25) is 14.9 Å². The van der Waals surface area contributed by atoms with Gasteiger partial charge in [-0.15, -0.1) is 10.2 Å². The van der Waals surface area contributed by atoms with Crippen LogP contribution >= 0.6 is 11.8 Å². The number of nitrogen functional groups attached to an aromatic ring is 1. The van der Waals surface area contributed by atoms with Crippen LogP contribution in [0.3, 0.4) is 0 Å². The summed E-state index contributed by atoms with van der Waals surface area (Å²) in [7, 11) is 1.56. The number of ether oxygens (including phenoxy) is 2. The Morgan fingerprint density at radius 1 is 1.10 bits per heavy atom. The minimum Gasteiger partial charge on any atom is -0.497 e. The number of aromatic nitrogens is 3. The van der Waals surface area contributed by atoms with E-state index < -0.39 is 18.4 Å². The van der Waals surface area contributed by atoms with Crippen molar-refractivity contribution in [2.75, 3.05) is 18.7 Å². The number of alkyl halides is 2. The van der Waals surface area contributed by atoms with Crippen LogP contribution in [0.25, 0.3) is 11.4 Å². The molecule has 0 aliphatic rings. The SMILES string of the molecule is COc1ccc(-c2nnc(SCC(=O)NC(=O)c3ccc(OC(F)F)cc3)n2N)cc1. The van der Waals surface area contributed by atoms with Gasteiger partial charge in [0.15, 0.2) is 5.82 Å². The summed E-state index contributed by atoms with van der Waals surface area (Å²) in [5.41, 5.74) is 0.824. The number of carbonyl (C=O) groups is 2. The van der Waals surface area contributed by atoms with E-state index in [-0.39, 0.29) is 22.2 Å². The second-order valence-electron chi connectivity index (χ2n) is 5.97. The second kappa shape index (κ2) is 9.89. The fourth-order valence-electron chi connectivity index (χ4n) is 2.47. The van der Waals surface area contributed by atoms with E-state index in [2.05, 4.69) is 20.3 Å². The number of methoxy groups -OCH3 is 1. The van der Waals surface area contributed by atoms with Gasteiger partial charge in [0, 0.05) is 11.1 Å². The maximum absolute atomic E-state index is 12.2. The number of nitrogens with two attached hydrogens (primary N) is 1. The molecule has 0 spiro atoms. The van der Waals surface area contributed by atoms with Gasteiger partial charge in [-0.1, -0.05) is 11.8 Å². The second-order valence-corrected chi connectivity index (χ2v) is 6.92. The number of imide groups is 1. The van der Waals surface area contributed by atoms with E-state index in [1.165, 1.54) is 28.9 Å². The maximum atomic E-state index is 12.2. The first-order chi connectivity index (χ1) is 14.9. The van der Waals surface area contributed by atoms with E-state index >= 15 is 0 Å². The third-order valence-electron chi connectivity index (χ3n) is 3.94. The molecule has 1 aromatic heterocycles. The summed E-state index contributed by atoms with van der Waals surface area (Å²) in [6.45, 7) is -2.96. The van der Waals surface area contributed by atoms with Crippen molar-refractivity contribution < 1.29 is 27.8 Å². The molecule has 0 bridgehead atoms. The van der Waals surface area contributed by atoms with Crippen molar-refractivity contribution in [3.63, 3.8) is 0 Å². The van der Waals surface area contributed by atoms with E-state index in [1.54, 1.807) is 31.4 Å². The van der Waals surface area contributed by atoms with Crippen LogP contribution < -0.4 is 20.6 Å². The van der Waals surface area contributed by atoms with E-state index in [1.807, 2.05) is 0 Å². The lowest BCUT2D eigenvalue weighted by molar-refractivity contribution is -0.117. The fourth-order valence-corrected chi connectivity index (χ4v) is 3.12. The molecule has 0 aliphatic heterocycles. The van der Waals surface area contributed by atoms with E-state index in [9.17, 15) is 18.4 Å². The first-order valence-electron chi connectivity index (χ1n) is 8.74. The number of thioether (sulfide) groups is 1. The number of halogens is 2. The van der Waals surface area contributed by atoms with Gasteiger partial charge < -0.3 is 15.3 Å². The lowest BCUT2D eigenvalue weighted by Crippen LogP contribution is -2.32. The minimum absolute atomic E-state index is 0.0941. The molecule has 0 fully saturated rings. The molecule has 9 nitrogen and oxygen atoms in total. The molecule has 1 heterocycles. The number of hydrogen-bond acceptors (Lipinski definition) is 8. The molecule has 2 aromatic carbocycles. The highest BCUT2D eigenvalue weighted by atomic mass is 32.2.